The van der Waals surface area contributed by atoms with Crippen LogP contribution in [0.5, 0.6) is 0 Å². The molecule has 0 fully saturated rings. The van der Waals surface area contributed by atoms with E-state index in [-0.39, 0.29) is 6.54 Å². The lowest BCUT2D eigenvalue weighted by Crippen LogP contribution is -2.40. The molecule has 0 aliphatic carbocycles. The smallest absolute Gasteiger partial charge is 0.321 e. The molecule has 4 N–H and O–H groups in total. The monoisotopic (exact) mass is 213 g/mol. The Morgan fingerprint density at radius 3 is 3.07 bits per heavy atom. The van der Waals surface area contributed by atoms with Gasteiger partial charge in [-0.05, 0) is 0 Å². The molecule has 1 unspecified atom stereocenters. The molecule has 84 valence electrons. The molecule has 15 heavy (non-hydrogen) atoms. The first-order chi connectivity index (χ1) is 7.13. The first kappa shape index (κ1) is 11.7. The van der Waals surface area contributed by atoms with Crippen LogP contribution in [0.4, 0.5) is 0 Å². The van der Waals surface area contributed by atoms with Crippen molar-refractivity contribution in [2.45, 2.75) is 25.9 Å². The van der Waals surface area contributed by atoms with Gasteiger partial charge in [0.05, 0.1) is 12.7 Å². The van der Waals surface area contributed by atoms with Crippen molar-refractivity contribution >= 4 is 5.97 Å². The molecule has 0 saturated carbocycles. The molecule has 0 aliphatic heterocycles. The minimum Gasteiger partial charge on any atom is -0.480 e. The number of nitrogens with one attached hydrogen (secondary N) is 1. The van der Waals surface area contributed by atoms with E-state index in [9.17, 15) is 4.79 Å². The molecule has 0 spiro atoms. The lowest BCUT2D eigenvalue weighted by Gasteiger charge is -2.05. The number of rotatable bonds is 6. The van der Waals surface area contributed by atoms with Crippen molar-refractivity contribution in [3.8, 4) is 0 Å². The summed E-state index contributed by atoms with van der Waals surface area (Å²) in [6, 6.07) is -0.898. The molecule has 0 aliphatic rings. The molecule has 1 aromatic rings. The summed E-state index contributed by atoms with van der Waals surface area (Å²) in [4.78, 5) is 14.4. The number of oxazole rings is 1. The highest BCUT2D eigenvalue weighted by Gasteiger charge is 2.10. The van der Waals surface area contributed by atoms with Gasteiger partial charge < -0.3 is 20.6 Å². The van der Waals surface area contributed by atoms with E-state index in [1.807, 2.05) is 6.92 Å². The second-order valence-corrected chi connectivity index (χ2v) is 3.15. The van der Waals surface area contributed by atoms with Gasteiger partial charge in [0.25, 0.3) is 0 Å². The average Bonchev–Trinajstić information content (AvgIpc) is 2.65. The molecular weight excluding hydrogens is 198 g/mol. The van der Waals surface area contributed by atoms with Gasteiger partial charge in [-0.3, -0.25) is 4.79 Å². The van der Waals surface area contributed by atoms with Gasteiger partial charge in [-0.1, -0.05) is 6.92 Å². The fraction of sp³-hybridized carbons (Fsp3) is 0.556. The normalized spacial score (nSPS) is 12.7. The van der Waals surface area contributed by atoms with Crippen LogP contribution in [0.3, 0.4) is 0 Å². The summed E-state index contributed by atoms with van der Waals surface area (Å²) in [6.07, 6.45) is 2.45. The molecular formula is C9H15N3O3. The molecule has 0 radical (unpaired) electrons. The van der Waals surface area contributed by atoms with Crippen LogP contribution in [-0.4, -0.2) is 28.6 Å². The minimum absolute atomic E-state index is 0.194. The molecule has 6 heteroatoms. The van der Waals surface area contributed by atoms with Gasteiger partial charge in [0.1, 0.15) is 11.8 Å². The van der Waals surface area contributed by atoms with E-state index in [1.54, 1.807) is 6.20 Å². The van der Waals surface area contributed by atoms with Gasteiger partial charge in [0.15, 0.2) is 0 Å². The Morgan fingerprint density at radius 2 is 2.53 bits per heavy atom. The van der Waals surface area contributed by atoms with Gasteiger partial charge in [0.2, 0.25) is 5.89 Å². The van der Waals surface area contributed by atoms with E-state index < -0.39 is 12.0 Å². The molecule has 0 amide bonds. The lowest BCUT2D eigenvalue weighted by molar-refractivity contribution is -0.138. The van der Waals surface area contributed by atoms with Crippen LogP contribution < -0.4 is 11.1 Å². The summed E-state index contributed by atoms with van der Waals surface area (Å²) in [6.45, 7) is 2.55. The van der Waals surface area contributed by atoms with E-state index in [1.165, 1.54) is 0 Å². The zero-order valence-corrected chi connectivity index (χ0v) is 8.56. The first-order valence-electron chi connectivity index (χ1n) is 4.76. The average molecular weight is 213 g/mol. The highest BCUT2D eigenvalue weighted by Crippen LogP contribution is 2.03. The van der Waals surface area contributed by atoms with Gasteiger partial charge in [0, 0.05) is 13.0 Å². The third-order valence-corrected chi connectivity index (χ3v) is 1.91. The first-order valence-corrected chi connectivity index (χ1v) is 4.76. The van der Waals surface area contributed by atoms with Crippen LogP contribution in [0.15, 0.2) is 10.6 Å². The molecule has 1 heterocycles. The standard InChI is InChI=1S/C9H15N3O3/c1-2-6-3-12-8(15-6)5-11-4-7(10)9(13)14/h3,7,11H,2,4-5,10H2,1H3,(H,13,14). The van der Waals surface area contributed by atoms with E-state index >= 15 is 0 Å². The maximum Gasteiger partial charge on any atom is 0.321 e. The third-order valence-electron chi connectivity index (χ3n) is 1.91. The number of carbonyl (C=O) groups is 1. The van der Waals surface area contributed by atoms with Crippen molar-refractivity contribution in [1.29, 1.82) is 0 Å². The molecule has 0 bridgehead atoms. The van der Waals surface area contributed by atoms with Crippen LogP contribution in [0, 0.1) is 0 Å². The summed E-state index contributed by atoms with van der Waals surface area (Å²) in [5.41, 5.74) is 5.30. The molecule has 0 saturated heterocycles. The second kappa shape index (κ2) is 5.47. The fourth-order valence-electron chi connectivity index (χ4n) is 1.02. The molecule has 1 rings (SSSR count). The number of aryl methyl sites for hydroxylation is 1. The third kappa shape index (κ3) is 3.69. The molecule has 1 aromatic heterocycles. The van der Waals surface area contributed by atoms with E-state index in [0.717, 1.165) is 12.2 Å². The van der Waals surface area contributed by atoms with Crippen molar-refractivity contribution in [2.24, 2.45) is 5.73 Å². The summed E-state index contributed by atoms with van der Waals surface area (Å²) >= 11 is 0. The van der Waals surface area contributed by atoms with E-state index in [4.69, 9.17) is 15.3 Å². The summed E-state index contributed by atoms with van der Waals surface area (Å²) in [5.74, 6) is 0.336. The van der Waals surface area contributed by atoms with Crippen LogP contribution >= 0.6 is 0 Å². The van der Waals surface area contributed by atoms with Crippen molar-refractivity contribution in [1.82, 2.24) is 10.3 Å². The number of aromatic nitrogens is 1. The van der Waals surface area contributed by atoms with Gasteiger partial charge >= 0.3 is 5.97 Å². The number of nitrogens with two attached hydrogens (primary N) is 1. The van der Waals surface area contributed by atoms with Crippen molar-refractivity contribution < 1.29 is 14.3 Å². The maximum absolute atomic E-state index is 10.4. The number of carboxylic acids is 1. The van der Waals surface area contributed by atoms with E-state index in [0.29, 0.717) is 12.4 Å². The Labute approximate surface area is 87.5 Å². The number of aliphatic carboxylic acids is 1. The maximum atomic E-state index is 10.4. The topological polar surface area (TPSA) is 101 Å². The number of hydrogen-bond donors (Lipinski definition) is 3. The molecule has 6 nitrogen and oxygen atoms in total. The molecule has 1 atom stereocenters. The second-order valence-electron chi connectivity index (χ2n) is 3.15. The predicted molar refractivity (Wildman–Crippen MR) is 53.2 cm³/mol. The largest absolute Gasteiger partial charge is 0.480 e. The Bertz CT molecular complexity index is 324. The zero-order chi connectivity index (χ0) is 11.3. The number of nitrogens with zero attached hydrogens (tertiary/aromatic N) is 1. The van der Waals surface area contributed by atoms with Crippen LogP contribution in [0.25, 0.3) is 0 Å². The minimum atomic E-state index is -1.02. The Hall–Kier alpha value is -1.40. The summed E-state index contributed by atoms with van der Waals surface area (Å²) in [5, 5.41) is 11.4. The number of carboxylic acid groups (broad SMARTS) is 1. The molecule has 0 aromatic carbocycles. The quantitative estimate of drug-likeness (QED) is 0.601. The Balaban J connectivity index is 2.28. The number of hydrogen-bond acceptors (Lipinski definition) is 5. The van der Waals surface area contributed by atoms with Crippen LogP contribution in [0.2, 0.25) is 0 Å². The summed E-state index contributed by atoms with van der Waals surface area (Å²) in [7, 11) is 0. The van der Waals surface area contributed by atoms with Crippen molar-refractivity contribution in [3.63, 3.8) is 0 Å². The van der Waals surface area contributed by atoms with Crippen molar-refractivity contribution in [3.05, 3.63) is 17.8 Å². The SMILES string of the molecule is CCc1cnc(CNCC(N)C(=O)O)o1. The zero-order valence-electron chi connectivity index (χ0n) is 8.56. The van der Waals surface area contributed by atoms with E-state index in [2.05, 4.69) is 10.3 Å². The van der Waals surface area contributed by atoms with Crippen LogP contribution in [0.1, 0.15) is 18.6 Å². The predicted octanol–water partition coefficient (Wildman–Crippen LogP) is -0.261. The van der Waals surface area contributed by atoms with Gasteiger partial charge in [-0.2, -0.15) is 0 Å². The Morgan fingerprint density at radius 1 is 1.80 bits per heavy atom. The highest BCUT2D eigenvalue weighted by molar-refractivity contribution is 5.73. The Kier molecular flexibility index (Phi) is 4.26. The highest BCUT2D eigenvalue weighted by atomic mass is 16.4. The van der Waals surface area contributed by atoms with Crippen LogP contribution in [-0.2, 0) is 17.8 Å². The van der Waals surface area contributed by atoms with Gasteiger partial charge in [-0.25, -0.2) is 4.98 Å². The summed E-state index contributed by atoms with van der Waals surface area (Å²) < 4.78 is 5.31. The fourth-order valence-corrected chi connectivity index (χ4v) is 1.02. The lowest BCUT2D eigenvalue weighted by atomic mass is 10.3. The van der Waals surface area contributed by atoms with Gasteiger partial charge in [-0.15, -0.1) is 0 Å². The van der Waals surface area contributed by atoms with Crippen molar-refractivity contribution in [2.75, 3.05) is 6.54 Å².